The zero-order chi connectivity index (χ0) is 10.8. The van der Waals surface area contributed by atoms with Crippen LogP contribution >= 0.6 is 0 Å². The van der Waals surface area contributed by atoms with Gasteiger partial charge in [-0.1, -0.05) is 25.1 Å². The molecule has 0 saturated carbocycles. The van der Waals surface area contributed by atoms with Gasteiger partial charge < -0.3 is 4.98 Å². The molecule has 0 bridgehead atoms. The van der Waals surface area contributed by atoms with Gasteiger partial charge in [0.05, 0.1) is 12.5 Å². The quantitative estimate of drug-likeness (QED) is 0.791. The van der Waals surface area contributed by atoms with Crippen molar-refractivity contribution in [3.63, 3.8) is 0 Å². The summed E-state index contributed by atoms with van der Waals surface area (Å²) in [6, 6.07) is 8.51. The number of nitrogens with zero attached hydrogens (tertiary/aromatic N) is 1. The normalized spacial score (nSPS) is 10.5. The van der Waals surface area contributed by atoms with E-state index < -0.39 is 0 Å². The number of benzene rings is 1. The molecule has 0 aliphatic carbocycles. The molecule has 0 fully saturated rings. The zero-order valence-electron chi connectivity index (χ0n) is 9.09. The van der Waals surface area contributed by atoms with Crippen molar-refractivity contribution < 1.29 is 0 Å². The number of hydrogen-bond donors (Lipinski definition) is 1. The second-order valence-corrected chi connectivity index (χ2v) is 3.76. The van der Waals surface area contributed by atoms with E-state index in [-0.39, 0.29) is 0 Å². The Balaban J connectivity index is 2.73. The van der Waals surface area contributed by atoms with Crippen LogP contribution in [0, 0.1) is 18.3 Å². The molecule has 1 aromatic carbocycles. The van der Waals surface area contributed by atoms with Crippen molar-refractivity contribution in [3.05, 3.63) is 35.0 Å². The molecule has 0 unspecified atom stereocenters. The number of H-pyrrole nitrogens is 1. The highest BCUT2D eigenvalue weighted by Gasteiger charge is 2.09. The summed E-state index contributed by atoms with van der Waals surface area (Å²) in [4.78, 5) is 3.38. The Kier molecular flexibility index (Phi) is 2.47. The van der Waals surface area contributed by atoms with Gasteiger partial charge in [-0.05, 0) is 24.5 Å². The first-order chi connectivity index (χ1) is 7.27. The molecule has 15 heavy (non-hydrogen) atoms. The van der Waals surface area contributed by atoms with Crippen LogP contribution in [0.5, 0.6) is 0 Å². The molecule has 0 spiro atoms. The van der Waals surface area contributed by atoms with E-state index in [0.717, 1.165) is 17.7 Å². The Labute approximate surface area is 89.5 Å². The molecular weight excluding hydrogens is 184 g/mol. The van der Waals surface area contributed by atoms with Crippen molar-refractivity contribution >= 4 is 10.9 Å². The predicted molar refractivity (Wildman–Crippen MR) is 61.7 cm³/mol. The predicted octanol–water partition coefficient (Wildman–Crippen LogP) is 3.10. The Bertz CT molecular complexity index is 529. The fourth-order valence-electron chi connectivity index (χ4n) is 2.07. The van der Waals surface area contributed by atoms with E-state index >= 15 is 0 Å². The molecule has 0 saturated heterocycles. The molecule has 0 aliphatic heterocycles. The zero-order valence-corrected chi connectivity index (χ0v) is 9.09. The molecule has 2 rings (SSSR count). The maximum Gasteiger partial charge on any atom is 0.0670 e. The van der Waals surface area contributed by atoms with E-state index in [2.05, 4.69) is 36.2 Å². The highest BCUT2D eigenvalue weighted by molar-refractivity contribution is 5.87. The van der Waals surface area contributed by atoms with Crippen molar-refractivity contribution in [3.8, 4) is 6.07 Å². The molecule has 0 amide bonds. The Morgan fingerprint density at radius 2 is 2.20 bits per heavy atom. The number of aryl methyl sites for hydroxylation is 2. The molecule has 2 nitrogen and oxygen atoms in total. The number of aromatic amines is 1. The van der Waals surface area contributed by atoms with E-state index in [1.165, 1.54) is 16.5 Å². The lowest BCUT2D eigenvalue weighted by atomic mass is 10.0. The molecule has 2 heteroatoms. The van der Waals surface area contributed by atoms with Gasteiger partial charge in [0.1, 0.15) is 0 Å². The van der Waals surface area contributed by atoms with E-state index in [4.69, 9.17) is 5.26 Å². The van der Waals surface area contributed by atoms with Crippen LogP contribution in [-0.4, -0.2) is 4.98 Å². The van der Waals surface area contributed by atoms with Crippen molar-refractivity contribution in [1.29, 1.82) is 5.26 Å². The minimum absolute atomic E-state index is 0.485. The van der Waals surface area contributed by atoms with E-state index in [9.17, 15) is 0 Å². The van der Waals surface area contributed by atoms with Gasteiger partial charge in [-0.25, -0.2) is 0 Å². The van der Waals surface area contributed by atoms with Crippen LogP contribution in [0.3, 0.4) is 0 Å². The molecule has 0 atom stereocenters. The fourth-order valence-corrected chi connectivity index (χ4v) is 2.07. The largest absolute Gasteiger partial charge is 0.358 e. The minimum atomic E-state index is 0.485. The van der Waals surface area contributed by atoms with Crippen LogP contribution in [0.15, 0.2) is 18.2 Å². The van der Waals surface area contributed by atoms with Gasteiger partial charge in [-0.15, -0.1) is 0 Å². The van der Waals surface area contributed by atoms with E-state index in [1.54, 1.807) is 0 Å². The second kappa shape index (κ2) is 3.78. The lowest BCUT2D eigenvalue weighted by molar-refractivity contribution is 1.14. The smallest absolute Gasteiger partial charge is 0.0670 e. The maximum absolute atomic E-state index is 8.78. The average Bonchev–Trinajstić information content (AvgIpc) is 2.56. The standard InChI is InChI=1S/C13H14N2/c1-3-10-5-4-6-12-11(7-8-14)9(2)15-13(10)12/h4-6,15H,3,7H2,1-2H3. The number of nitriles is 1. The first kappa shape index (κ1) is 9.79. The molecular formula is C13H14N2. The van der Waals surface area contributed by atoms with Gasteiger partial charge in [-0.3, -0.25) is 0 Å². The molecule has 0 aliphatic rings. The van der Waals surface area contributed by atoms with E-state index in [0.29, 0.717) is 6.42 Å². The third-order valence-electron chi connectivity index (χ3n) is 2.88. The first-order valence-electron chi connectivity index (χ1n) is 5.24. The number of nitrogens with one attached hydrogen (secondary N) is 1. The summed E-state index contributed by atoms with van der Waals surface area (Å²) in [7, 11) is 0. The number of aromatic nitrogens is 1. The van der Waals surface area contributed by atoms with Crippen LogP contribution < -0.4 is 0 Å². The van der Waals surface area contributed by atoms with Gasteiger partial charge in [0.2, 0.25) is 0 Å². The molecule has 76 valence electrons. The summed E-state index contributed by atoms with van der Waals surface area (Å²) in [5.74, 6) is 0. The van der Waals surface area contributed by atoms with E-state index in [1.807, 2.05) is 6.92 Å². The topological polar surface area (TPSA) is 39.6 Å². The Hall–Kier alpha value is -1.75. The van der Waals surface area contributed by atoms with Gasteiger partial charge in [0.25, 0.3) is 0 Å². The summed E-state index contributed by atoms with van der Waals surface area (Å²) in [6.07, 6.45) is 1.50. The molecule has 1 N–H and O–H groups in total. The lowest BCUT2D eigenvalue weighted by Crippen LogP contribution is -1.83. The highest BCUT2D eigenvalue weighted by Crippen LogP contribution is 2.25. The van der Waals surface area contributed by atoms with Crippen LogP contribution in [0.4, 0.5) is 0 Å². The van der Waals surface area contributed by atoms with Crippen molar-refractivity contribution in [2.24, 2.45) is 0 Å². The summed E-state index contributed by atoms with van der Waals surface area (Å²) in [5, 5.41) is 9.99. The van der Waals surface area contributed by atoms with Crippen molar-refractivity contribution in [2.45, 2.75) is 26.7 Å². The van der Waals surface area contributed by atoms with Crippen LogP contribution in [0.1, 0.15) is 23.7 Å². The average molecular weight is 198 g/mol. The Morgan fingerprint density at radius 1 is 1.40 bits per heavy atom. The number of rotatable bonds is 2. The summed E-state index contributed by atoms with van der Waals surface area (Å²) < 4.78 is 0. The first-order valence-corrected chi connectivity index (χ1v) is 5.24. The number of fused-ring (bicyclic) bond motifs is 1. The van der Waals surface area contributed by atoms with Gasteiger partial charge in [-0.2, -0.15) is 5.26 Å². The van der Waals surface area contributed by atoms with Crippen LogP contribution in [-0.2, 0) is 12.8 Å². The SMILES string of the molecule is CCc1cccc2c(CC#N)c(C)[nH]c12. The van der Waals surface area contributed by atoms with Gasteiger partial charge in [0.15, 0.2) is 0 Å². The highest BCUT2D eigenvalue weighted by atomic mass is 14.7. The lowest BCUT2D eigenvalue weighted by Gasteiger charge is -1.98. The third kappa shape index (κ3) is 1.50. The van der Waals surface area contributed by atoms with Crippen molar-refractivity contribution in [1.82, 2.24) is 4.98 Å². The maximum atomic E-state index is 8.78. The third-order valence-corrected chi connectivity index (χ3v) is 2.88. The molecule has 1 aromatic heterocycles. The van der Waals surface area contributed by atoms with Crippen molar-refractivity contribution in [2.75, 3.05) is 0 Å². The number of para-hydroxylation sites is 1. The fraction of sp³-hybridized carbons (Fsp3) is 0.308. The van der Waals surface area contributed by atoms with Crippen LogP contribution in [0.25, 0.3) is 10.9 Å². The van der Waals surface area contributed by atoms with Gasteiger partial charge >= 0.3 is 0 Å². The molecule has 0 radical (unpaired) electrons. The summed E-state index contributed by atoms with van der Waals surface area (Å²) in [6.45, 7) is 4.18. The molecule has 2 aromatic rings. The monoisotopic (exact) mass is 198 g/mol. The number of hydrogen-bond acceptors (Lipinski definition) is 1. The van der Waals surface area contributed by atoms with Gasteiger partial charge in [0, 0.05) is 16.6 Å². The summed E-state index contributed by atoms with van der Waals surface area (Å²) in [5.41, 5.74) is 4.78. The molecule has 1 heterocycles. The van der Waals surface area contributed by atoms with Crippen LogP contribution in [0.2, 0.25) is 0 Å². The summed E-state index contributed by atoms with van der Waals surface area (Å²) >= 11 is 0. The minimum Gasteiger partial charge on any atom is -0.358 e. The second-order valence-electron chi connectivity index (χ2n) is 3.76. The Morgan fingerprint density at radius 3 is 2.87 bits per heavy atom.